The zero-order chi connectivity index (χ0) is 17.5. The molecule has 2 fully saturated rings. The van der Waals surface area contributed by atoms with Crippen LogP contribution in [0, 0.1) is 22.7 Å². The number of hydrogen-bond donors (Lipinski definition) is 1. The molecule has 2 saturated carbocycles. The number of carbonyl (C=O) groups excluding carboxylic acids is 1. The molecule has 0 aromatic heterocycles. The highest BCUT2D eigenvalue weighted by Crippen LogP contribution is 2.62. The van der Waals surface area contributed by atoms with Crippen molar-refractivity contribution in [1.29, 1.82) is 0 Å². The summed E-state index contributed by atoms with van der Waals surface area (Å²) in [5.74, 6) is -0.398. The van der Waals surface area contributed by atoms with E-state index >= 15 is 0 Å². The molecule has 0 aromatic rings. The van der Waals surface area contributed by atoms with E-state index < -0.39 is 11.4 Å². The highest BCUT2D eigenvalue weighted by Gasteiger charge is 2.57. The van der Waals surface area contributed by atoms with Gasteiger partial charge in [-0.25, -0.2) is 4.79 Å². The highest BCUT2D eigenvalue weighted by atomic mass is 16.5. The summed E-state index contributed by atoms with van der Waals surface area (Å²) in [7, 11) is 0. The summed E-state index contributed by atoms with van der Waals surface area (Å²) in [6.45, 7) is 8.88. The molecule has 0 radical (unpaired) electrons. The Balaban J connectivity index is 1.83. The molecular weight excluding hydrogens is 304 g/mol. The van der Waals surface area contributed by atoms with Crippen molar-refractivity contribution in [3.8, 4) is 0 Å². The van der Waals surface area contributed by atoms with Crippen LogP contribution in [0.3, 0.4) is 0 Å². The summed E-state index contributed by atoms with van der Waals surface area (Å²) in [5, 5.41) is 9.85. The highest BCUT2D eigenvalue weighted by molar-refractivity contribution is 5.90. The lowest BCUT2D eigenvalue weighted by atomic mass is 9.46. The second kappa shape index (κ2) is 6.05. The van der Waals surface area contributed by atoms with E-state index in [1.807, 2.05) is 13.0 Å². The van der Waals surface area contributed by atoms with Gasteiger partial charge in [0, 0.05) is 5.57 Å². The van der Waals surface area contributed by atoms with Gasteiger partial charge in [0.15, 0.2) is 0 Å². The molecule has 2 aliphatic carbocycles. The van der Waals surface area contributed by atoms with Crippen LogP contribution in [-0.4, -0.2) is 23.7 Å². The number of carboxylic acid groups (broad SMARTS) is 1. The number of rotatable bonds is 4. The summed E-state index contributed by atoms with van der Waals surface area (Å²) >= 11 is 0. The van der Waals surface area contributed by atoms with Crippen LogP contribution >= 0.6 is 0 Å². The van der Waals surface area contributed by atoms with Gasteiger partial charge in [0.2, 0.25) is 0 Å². The minimum Gasteiger partial charge on any atom is -0.481 e. The van der Waals surface area contributed by atoms with E-state index in [0.29, 0.717) is 13.0 Å². The van der Waals surface area contributed by atoms with E-state index in [1.54, 1.807) is 0 Å². The average Bonchev–Trinajstić information content (AvgIpc) is 2.91. The Morgan fingerprint density at radius 1 is 1.42 bits per heavy atom. The predicted octanol–water partition coefficient (Wildman–Crippen LogP) is 4.11. The first-order valence-electron chi connectivity index (χ1n) is 9.06. The molecule has 1 N–H and O–H groups in total. The van der Waals surface area contributed by atoms with Crippen molar-refractivity contribution in [3.63, 3.8) is 0 Å². The fourth-order valence-electron chi connectivity index (χ4n) is 5.64. The number of fused-ring (bicyclic) bond motifs is 1. The Kier molecular flexibility index (Phi) is 4.35. The van der Waals surface area contributed by atoms with Gasteiger partial charge in [-0.3, -0.25) is 4.79 Å². The number of carbonyl (C=O) groups is 2. The van der Waals surface area contributed by atoms with Gasteiger partial charge < -0.3 is 9.84 Å². The van der Waals surface area contributed by atoms with Gasteiger partial charge >= 0.3 is 11.9 Å². The van der Waals surface area contributed by atoms with Crippen molar-refractivity contribution in [2.24, 2.45) is 22.7 Å². The average molecular weight is 332 g/mol. The quantitative estimate of drug-likeness (QED) is 0.621. The minimum absolute atomic E-state index is 0.0379. The second-order valence-electron chi connectivity index (χ2n) is 8.25. The van der Waals surface area contributed by atoms with Crippen LogP contribution in [0.2, 0.25) is 0 Å². The summed E-state index contributed by atoms with van der Waals surface area (Å²) < 4.78 is 5.00. The largest absolute Gasteiger partial charge is 0.481 e. The lowest BCUT2D eigenvalue weighted by Crippen LogP contribution is -2.53. The van der Waals surface area contributed by atoms with E-state index in [1.165, 1.54) is 5.57 Å². The first-order chi connectivity index (χ1) is 11.3. The zero-order valence-corrected chi connectivity index (χ0v) is 14.8. The van der Waals surface area contributed by atoms with E-state index in [0.717, 1.165) is 44.1 Å². The minimum atomic E-state index is -0.660. The Hall–Kier alpha value is -1.58. The fraction of sp³-hybridized carbons (Fsp3) is 0.700. The first kappa shape index (κ1) is 17.2. The topological polar surface area (TPSA) is 63.6 Å². The third-order valence-electron chi connectivity index (χ3n) is 7.02. The van der Waals surface area contributed by atoms with Crippen molar-refractivity contribution < 1.29 is 19.4 Å². The third-order valence-corrected chi connectivity index (χ3v) is 7.02. The monoisotopic (exact) mass is 332 g/mol. The van der Waals surface area contributed by atoms with Gasteiger partial charge in [-0.1, -0.05) is 25.5 Å². The van der Waals surface area contributed by atoms with Crippen LogP contribution < -0.4 is 0 Å². The molecule has 1 aliphatic heterocycles. The Morgan fingerprint density at radius 3 is 2.79 bits per heavy atom. The van der Waals surface area contributed by atoms with Gasteiger partial charge in [0.1, 0.15) is 6.61 Å². The van der Waals surface area contributed by atoms with Gasteiger partial charge in [0.25, 0.3) is 0 Å². The molecule has 0 aromatic carbocycles. The Labute approximate surface area is 144 Å². The van der Waals surface area contributed by atoms with Gasteiger partial charge in [0.05, 0.1) is 5.41 Å². The molecule has 3 rings (SSSR count). The molecule has 4 atom stereocenters. The molecule has 4 nitrogen and oxygen atoms in total. The lowest BCUT2D eigenvalue weighted by molar-refractivity contribution is -0.164. The maximum atomic E-state index is 12.0. The standard InChI is InChI=1S/C20H28O4/c1-13-5-8-16-19(2,10-4-11-20(16,3)18(22)23)15(13)7-6-14-9-12-24-17(14)21/h9,15-16H,1,4-8,10-12H2,2-3H3,(H,22,23)/t15-,16+,19+,20+/m1/s1. The number of carboxylic acids is 1. The number of hydrogen-bond acceptors (Lipinski definition) is 3. The van der Waals surface area contributed by atoms with Gasteiger partial charge in [-0.15, -0.1) is 0 Å². The predicted molar refractivity (Wildman–Crippen MR) is 91.3 cm³/mol. The maximum Gasteiger partial charge on any atom is 0.334 e. The van der Waals surface area contributed by atoms with Crippen LogP contribution in [0.15, 0.2) is 23.8 Å². The maximum absolute atomic E-state index is 12.0. The van der Waals surface area contributed by atoms with Crippen molar-refractivity contribution in [2.75, 3.05) is 6.61 Å². The smallest absolute Gasteiger partial charge is 0.334 e. The molecule has 1 heterocycles. The number of esters is 1. The number of aliphatic carboxylic acids is 1. The zero-order valence-electron chi connectivity index (χ0n) is 14.8. The molecule has 0 unspecified atom stereocenters. The number of ether oxygens (including phenoxy) is 1. The molecule has 0 saturated heterocycles. The summed E-state index contributed by atoms with van der Waals surface area (Å²) in [4.78, 5) is 23.7. The van der Waals surface area contributed by atoms with E-state index in [9.17, 15) is 14.7 Å². The summed E-state index contributed by atoms with van der Waals surface area (Å²) in [6, 6.07) is 0. The van der Waals surface area contributed by atoms with Crippen molar-refractivity contribution in [3.05, 3.63) is 23.8 Å². The molecule has 0 spiro atoms. The number of allylic oxidation sites excluding steroid dienone is 1. The lowest BCUT2D eigenvalue weighted by Gasteiger charge is -2.57. The SMILES string of the molecule is C=C1CC[C@H]2[C@@](C)(CCC[C@]2(C)C(=O)O)[C@@H]1CCC1=CCOC1=O. The fourth-order valence-corrected chi connectivity index (χ4v) is 5.64. The molecule has 132 valence electrons. The molecule has 0 bridgehead atoms. The second-order valence-corrected chi connectivity index (χ2v) is 8.25. The summed E-state index contributed by atoms with van der Waals surface area (Å²) in [6.07, 6.45) is 8.01. The van der Waals surface area contributed by atoms with Crippen LogP contribution in [0.25, 0.3) is 0 Å². The Bertz CT molecular complexity index is 605. The normalized spacial score (nSPS) is 39.2. The van der Waals surface area contributed by atoms with E-state index in [-0.39, 0.29) is 23.2 Å². The van der Waals surface area contributed by atoms with E-state index in [2.05, 4.69) is 13.5 Å². The van der Waals surface area contributed by atoms with Crippen LogP contribution in [0.1, 0.15) is 58.8 Å². The van der Waals surface area contributed by atoms with E-state index in [4.69, 9.17) is 4.74 Å². The molecule has 4 heteroatoms. The van der Waals surface area contributed by atoms with Gasteiger partial charge in [-0.05, 0) is 68.8 Å². The molecular formula is C20H28O4. The van der Waals surface area contributed by atoms with Crippen molar-refractivity contribution in [1.82, 2.24) is 0 Å². The van der Waals surface area contributed by atoms with Crippen molar-refractivity contribution in [2.45, 2.75) is 58.8 Å². The van der Waals surface area contributed by atoms with Crippen molar-refractivity contribution >= 4 is 11.9 Å². The molecule has 0 amide bonds. The van der Waals surface area contributed by atoms with Crippen LogP contribution in [0.5, 0.6) is 0 Å². The molecule has 3 aliphatic rings. The summed E-state index contributed by atoms with van der Waals surface area (Å²) in [5.41, 5.74) is 1.32. The Morgan fingerprint density at radius 2 is 2.17 bits per heavy atom. The van der Waals surface area contributed by atoms with Crippen LogP contribution in [-0.2, 0) is 14.3 Å². The first-order valence-corrected chi connectivity index (χ1v) is 9.06. The van der Waals surface area contributed by atoms with Gasteiger partial charge in [-0.2, -0.15) is 0 Å². The number of cyclic esters (lactones) is 1. The third kappa shape index (κ3) is 2.60. The molecule has 24 heavy (non-hydrogen) atoms. The van der Waals surface area contributed by atoms with Crippen LogP contribution in [0.4, 0.5) is 0 Å².